The number of sulfone groups is 1. The molecule has 7 nitrogen and oxygen atoms in total. The summed E-state index contributed by atoms with van der Waals surface area (Å²) in [5.41, 5.74) is 0.0846. The first kappa shape index (κ1) is 15.3. The number of sulfonamides is 1. The van der Waals surface area contributed by atoms with E-state index in [0.29, 0.717) is 0 Å². The SMILES string of the molecule is CS(=O)(=O)CS(=O)(=O)Nc1ccccc1OCC#N. The molecule has 0 saturated heterocycles. The number of nitriles is 1. The lowest BCUT2D eigenvalue weighted by Gasteiger charge is -2.11. The fourth-order valence-electron chi connectivity index (χ4n) is 1.27. The molecule has 1 rings (SSSR count). The summed E-state index contributed by atoms with van der Waals surface area (Å²) in [6.45, 7) is -0.245. The van der Waals surface area contributed by atoms with E-state index in [1.807, 2.05) is 0 Å². The molecule has 0 atom stereocenters. The van der Waals surface area contributed by atoms with Crippen LogP contribution in [0.25, 0.3) is 0 Å². The quantitative estimate of drug-likeness (QED) is 0.810. The maximum absolute atomic E-state index is 11.6. The van der Waals surface area contributed by atoms with Crippen molar-refractivity contribution < 1.29 is 21.6 Å². The zero-order chi connectivity index (χ0) is 14.5. The third-order valence-electron chi connectivity index (χ3n) is 1.81. The van der Waals surface area contributed by atoms with Crippen LogP contribution in [0.15, 0.2) is 24.3 Å². The minimum atomic E-state index is -4.04. The molecule has 1 aromatic rings. The molecule has 0 amide bonds. The van der Waals surface area contributed by atoms with Gasteiger partial charge in [0.05, 0.1) is 5.69 Å². The molecule has 104 valence electrons. The molecular formula is C10H12N2O5S2. The third kappa shape index (κ3) is 5.58. The van der Waals surface area contributed by atoms with Crippen molar-refractivity contribution >= 4 is 25.5 Å². The van der Waals surface area contributed by atoms with Crippen LogP contribution in [0.1, 0.15) is 0 Å². The van der Waals surface area contributed by atoms with Crippen LogP contribution in [0.2, 0.25) is 0 Å². The van der Waals surface area contributed by atoms with E-state index in [0.717, 1.165) is 6.26 Å². The van der Waals surface area contributed by atoms with Gasteiger partial charge >= 0.3 is 0 Å². The molecule has 0 bridgehead atoms. The maximum Gasteiger partial charge on any atom is 0.247 e. The first-order valence-electron chi connectivity index (χ1n) is 5.00. The Bertz CT molecular complexity index is 689. The van der Waals surface area contributed by atoms with Crippen molar-refractivity contribution in [1.29, 1.82) is 5.26 Å². The molecule has 1 aromatic carbocycles. The molecule has 0 aromatic heterocycles. The highest BCUT2D eigenvalue weighted by Gasteiger charge is 2.19. The largest absolute Gasteiger partial charge is 0.477 e. The summed E-state index contributed by atoms with van der Waals surface area (Å²) >= 11 is 0. The van der Waals surface area contributed by atoms with Crippen LogP contribution in [0, 0.1) is 11.3 Å². The Kier molecular flexibility index (Phi) is 4.74. The van der Waals surface area contributed by atoms with E-state index in [4.69, 9.17) is 10.00 Å². The minimum Gasteiger partial charge on any atom is -0.477 e. The van der Waals surface area contributed by atoms with Crippen LogP contribution in [0.4, 0.5) is 5.69 Å². The van der Waals surface area contributed by atoms with E-state index in [-0.39, 0.29) is 18.0 Å². The van der Waals surface area contributed by atoms with Crippen molar-refractivity contribution in [2.75, 3.05) is 22.7 Å². The van der Waals surface area contributed by atoms with E-state index in [9.17, 15) is 16.8 Å². The van der Waals surface area contributed by atoms with Gasteiger partial charge in [0.25, 0.3) is 0 Å². The highest BCUT2D eigenvalue weighted by molar-refractivity contribution is 8.08. The molecule has 0 saturated carbocycles. The summed E-state index contributed by atoms with van der Waals surface area (Å²) < 4.78 is 52.4. The maximum atomic E-state index is 11.6. The number of ether oxygens (including phenoxy) is 1. The standard InChI is InChI=1S/C10H12N2O5S2/c1-18(13,14)8-19(15,16)12-9-4-2-3-5-10(9)17-7-6-11/h2-5,12H,7-8H2,1H3. The molecule has 0 spiro atoms. The van der Waals surface area contributed by atoms with E-state index >= 15 is 0 Å². The molecule has 0 aliphatic rings. The second-order valence-corrected chi connectivity index (χ2v) is 7.93. The smallest absolute Gasteiger partial charge is 0.247 e. The van der Waals surface area contributed by atoms with Crippen molar-refractivity contribution in [1.82, 2.24) is 0 Å². The molecular weight excluding hydrogens is 292 g/mol. The predicted octanol–water partition coefficient (Wildman–Crippen LogP) is 0.333. The molecule has 0 heterocycles. The second kappa shape index (κ2) is 5.90. The minimum absolute atomic E-state index is 0.0846. The lowest BCUT2D eigenvalue weighted by Crippen LogP contribution is -2.22. The Hall–Kier alpha value is -1.79. The van der Waals surface area contributed by atoms with Gasteiger partial charge in [0.1, 0.15) is 11.8 Å². The van der Waals surface area contributed by atoms with Crippen LogP contribution in [0.5, 0.6) is 5.75 Å². The first-order valence-corrected chi connectivity index (χ1v) is 8.72. The molecule has 0 aliphatic carbocycles. The summed E-state index contributed by atoms with van der Waals surface area (Å²) in [6.07, 6.45) is 0.824. The molecule has 9 heteroatoms. The molecule has 0 aliphatic heterocycles. The van der Waals surface area contributed by atoms with Gasteiger partial charge in [-0.2, -0.15) is 5.26 Å². The lowest BCUT2D eigenvalue weighted by molar-refractivity contribution is 0.370. The molecule has 0 fully saturated rings. The number of nitrogens with zero attached hydrogens (tertiary/aromatic N) is 1. The van der Waals surface area contributed by atoms with Crippen LogP contribution in [-0.4, -0.2) is 34.8 Å². The number of hydrogen-bond donors (Lipinski definition) is 1. The van der Waals surface area contributed by atoms with Gasteiger partial charge in [0.2, 0.25) is 10.0 Å². The van der Waals surface area contributed by atoms with E-state index < -0.39 is 24.9 Å². The van der Waals surface area contributed by atoms with Crippen molar-refractivity contribution in [3.05, 3.63) is 24.3 Å². The molecule has 19 heavy (non-hydrogen) atoms. The number of benzene rings is 1. The summed E-state index contributed by atoms with van der Waals surface area (Å²) in [7, 11) is -7.72. The Labute approximate surface area is 111 Å². The zero-order valence-electron chi connectivity index (χ0n) is 10.0. The number of nitrogens with one attached hydrogen (secondary N) is 1. The van der Waals surface area contributed by atoms with Crippen LogP contribution in [0.3, 0.4) is 0 Å². The van der Waals surface area contributed by atoms with Gasteiger partial charge in [0.15, 0.2) is 21.5 Å². The molecule has 0 unspecified atom stereocenters. The van der Waals surface area contributed by atoms with Crippen molar-refractivity contribution in [3.63, 3.8) is 0 Å². The second-order valence-electron chi connectivity index (χ2n) is 3.70. The first-order chi connectivity index (χ1) is 8.73. The zero-order valence-corrected chi connectivity index (χ0v) is 11.7. The fraction of sp³-hybridized carbons (Fsp3) is 0.300. The van der Waals surface area contributed by atoms with Crippen LogP contribution < -0.4 is 9.46 Å². The normalized spacial score (nSPS) is 11.6. The highest BCUT2D eigenvalue weighted by Crippen LogP contribution is 2.24. The number of rotatable bonds is 6. The average molecular weight is 304 g/mol. The van der Waals surface area contributed by atoms with E-state index in [2.05, 4.69) is 4.72 Å². The highest BCUT2D eigenvalue weighted by atomic mass is 32.3. The van der Waals surface area contributed by atoms with Gasteiger partial charge in [-0.05, 0) is 12.1 Å². The summed E-state index contributed by atoms with van der Waals surface area (Å²) in [4.78, 5) is 0. The number of para-hydroxylation sites is 2. The van der Waals surface area contributed by atoms with Gasteiger partial charge in [-0.1, -0.05) is 12.1 Å². The molecule has 1 N–H and O–H groups in total. The van der Waals surface area contributed by atoms with E-state index in [1.54, 1.807) is 18.2 Å². The van der Waals surface area contributed by atoms with Gasteiger partial charge in [-0.3, -0.25) is 4.72 Å². The van der Waals surface area contributed by atoms with Gasteiger partial charge in [-0.15, -0.1) is 0 Å². The van der Waals surface area contributed by atoms with Crippen LogP contribution >= 0.6 is 0 Å². The van der Waals surface area contributed by atoms with Crippen molar-refractivity contribution in [3.8, 4) is 11.8 Å². The summed E-state index contributed by atoms with van der Waals surface area (Å²) in [5.74, 6) is 0.154. The van der Waals surface area contributed by atoms with E-state index in [1.165, 1.54) is 12.1 Å². The van der Waals surface area contributed by atoms with Crippen LogP contribution in [-0.2, 0) is 19.9 Å². The lowest BCUT2D eigenvalue weighted by atomic mass is 10.3. The van der Waals surface area contributed by atoms with Crippen molar-refractivity contribution in [2.24, 2.45) is 0 Å². The number of hydrogen-bond acceptors (Lipinski definition) is 6. The van der Waals surface area contributed by atoms with Gasteiger partial charge < -0.3 is 4.74 Å². The van der Waals surface area contributed by atoms with Gasteiger partial charge in [0, 0.05) is 6.26 Å². The third-order valence-corrected chi connectivity index (χ3v) is 5.30. The predicted molar refractivity (Wildman–Crippen MR) is 69.8 cm³/mol. The number of anilines is 1. The Morgan fingerprint density at radius 1 is 1.26 bits per heavy atom. The van der Waals surface area contributed by atoms with Crippen molar-refractivity contribution in [2.45, 2.75) is 0 Å². The summed E-state index contributed by atoms with van der Waals surface area (Å²) in [6, 6.07) is 7.78. The van der Waals surface area contributed by atoms with Gasteiger partial charge in [-0.25, -0.2) is 16.8 Å². The molecule has 0 radical (unpaired) electrons. The Morgan fingerprint density at radius 2 is 1.89 bits per heavy atom. The topological polar surface area (TPSA) is 113 Å². The Balaban J connectivity index is 2.97. The monoisotopic (exact) mass is 304 g/mol. The Morgan fingerprint density at radius 3 is 2.47 bits per heavy atom. The summed E-state index contributed by atoms with van der Waals surface area (Å²) in [5, 5.41) is 7.39. The average Bonchev–Trinajstić information content (AvgIpc) is 2.24. The fourth-order valence-corrected chi connectivity index (χ4v) is 4.26.